The van der Waals surface area contributed by atoms with Gasteiger partial charge in [-0.25, -0.2) is 0 Å². The second kappa shape index (κ2) is 13.9. The summed E-state index contributed by atoms with van der Waals surface area (Å²) >= 11 is 0. The Balaban J connectivity index is 0.00000450. The van der Waals surface area contributed by atoms with Gasteiger partial charge in [-0.3, -0.25) is 0 Å². The van der Waals surface area contributed by atoms with Crippen LogP contribution >= 0.6 is 0 Å². The number of hydrogen-bond acceptors (Lipinski definition) is 6. The first-order valence-electron chi connectivity index (χ1n) is 10.8. The minimum absolute atomic E-state index is 0. The third kappa shape index (κ3) is 8.44. The molecule has 30 heavy (non-hydrogen) atoms. The van der Waals surface area contributed by atoms with E-state index in [1.165, 1.54) is 0 Å². The van der Waals surface area contributed by atoms with Crippen molar-refractivity contribution in [2.24, 2.45) is 0 Å². The first kappa shape index (κ1) is 26.7. The summed E-state index contributed by atoms with van der Waals surface area (Å²) in [6.45, 7) is 9.78. The van der Waals surface area contributed by atoms with Gasteiger partial charge in [0, 0.05) is 11.5 Å². The average Bonchev–Trinajstić information content (AvgIpc) is 3.25. The molecule has 0 radical (unpaired) electrons. The number of aromatic amines is 1. The Labute approximate surface area is 204 Å². The van der Waals surface area contributed by atoms with Crippen molar-refractivity contribution in [2.45, 2.75) is 84.5 Å². The Morgan fingerprint density at radius 2 is 1.70 bits per heavy atom. The van der Waals surface area contributed by atoms with Gasteiger partial charge in [0.25, 0.3) is 0 Å². The predicted molar refractivity (Wildman–Crippen MR) is 115 cm³/mol. The summed E-state index contributed by atoms with van der Waals surface area (Å²) in [6.07, 6.45) is 8.21. The number of aromatic nitrogens is 4. The summed E-state index contributed by atoms with van der Waals surface area (Å²) in [4.78, 5) is 0. The molecule has 0 saturated carbocycles. The molecule has 1 aromatic carbocycles. The van der Waals surface area contributed by atoms with Crippen LogP contribution in [0.3, 0.4) is 0 Å². The zero-order valence-electron chi connectivity index (χ0n) is 20.3. The number of tetrazole rings is 1. The molecule has 0 atom stereocenters. The van der Waals surface area contributed by atoms with Crippen LogP contribution in [0.5, 0.6) is 17.2 Å². The summed E-state index contributed by atoms with van der Waals surface area (Å²) < 4.78 is 11.7. The van der Waals surface area contributed by atoms with Gasteiger partial charge in [0.1, 0.15) is 5.75 Å². The Kier molecular flexibility index (Phi) is 12.4. The van der Waals surface area contributed by atoms with Gasteiger partial charge >= 0.3 is 29.6 Å². The first-order valence-corrected chi connectivity index (χ1v) is 10.8. The van der Waals surface area contributed by atoms with E-state index in [0.717, 1.165) is 68.5 Å². The number of rotatable bonds is 14. The van der Waals surface area contributed by atoms with Crippen LogP contribution in [0.2, 0.25) is 0 Å². The standard InChI is InChI=1S/C22H36N4O3.Na.H/c1-5-7-10-13-29-20-15-17(6-2)19(16-18(20)27)28-14-11-8-9-12-22(3,4)21-23-25-26-24-21;;/h15-16,27H,5-14H2,1-4H3,(H,23,24,25,26);;/q;+1;-1. The number of benzene rings is 1. The minimum atomic E-state index is -0.0814. The maximum absolute atomic E-state index is 10.3. The molecule has 0 fully saturated rings. The van der Waals surface area contributed by atoms with Gasteiger partial charge in [-0.1, -0.05) is 58.6 Å². The van der Waals surface area contributed by atoms with Crippen molar-refractivity contribution in [3.63, 3.8) is 0 Å². The predicted octanol–water partition coefficient (Wildman–Crippen LogP) is 2.07. The van der Waals surface area contributed by atoms with Crippen molar-refractivity contribution >= 4 is 0 Å². The Morgan fingerprint density at radius 3 is 2.33 bits per heavy atom. The molecule has 0 spiro atoms. The number of aryl methyl sites for hydroxylation is 1. The van der Waals surface area contributed by atoms with Crippen LogP contribution in [0, 0.1) is 0 Å². The van der Waals surface area contributed by atoms with Crippen LogP contribution in [0.4, 0.5) is 0 Å². The molecule has 1 aromatic heterocycles. The van der Waals surface area contributed by atoms with Crippen LogP contribution in [-0.2, 0) is 11.8 Å². The molecule has 164 valence electrons. The number of H-pyrrole nitrogens is 1. The maximum Gasteiger partial charge on any atom is 1.00 e. The van der Waals surface area contributed by atoms with E-state index in [4.69, 9.17) is 9.47 Å². The molecule has 2 aromatic rings. The number of ether oxygens (including phenoxy) is 2. The summed E-state index contributed by atoms with van der Waals surface area (Å²) in [7, 11) is 0. The molecule has 0 aliphatic rings. The quantitative estimate of drug-likeness (QED) is 0.353. The van der Waals surface area contributed by atoms with Gasteiger partial charge in [0.05, 0.1) is 13.2 Å². The smallest absolute Gasteiger partial charge is 1.00 e. The molecule has 0 aliphatic heterocycles. The number of nitrogens with one attached hydrogen (secondary N) is 1. The Hall–Kier alpha value is -1.31. The summed E-state index contributed by atoms with van der Waals surface area (Å²) in [6, 6.07) is 3.59. The zero-order valence-corrected chi connectivity index (χ0v) is 21.3. The molecule has 8 heteroatoms. The van der Waals surface area contributed by atoms with E-state index in [-0.39, 0.29) is 42.1 Å². The number of unbranched alkanes of at least 4 members (excludes halogenated alkanes) is 4. The summed E-state index contributed by atoms with van der Waals surface area (Å²) in [5, 5.41) is 24.6. The number of phenolic OH excluding ortho intramolecular Hbond substituents is 1. The molecule has 0 bridgehead atoms. The molecule has 0 amide bonds. The van der Waals surface area contributed by atoms with Crippen molar-refractivity contribution < 1.29 is 45.6 Å². The fourth-order valence-electron chi connectivity index (χ4n) is 3.24. The van der Waals surface area contributed by atoms with E-state index >= 15 is 0 Å². The molecule has 0 saturated heterocycles. The maximum atomic E-state index is 10.3. The molecule has 1 heterocycles. The third-order valence-corrected chi connectivity index (χ3v) is 5.18. The first-order chi connectivity index (χ1) is 14.0. The summed E-state index contributed by atoms with van der Waals surface area (Å²) in [5.74, 6) is 2.21. The number of hydrogen-bond donors (Lipinski definition) is 2. The minimum Gasteiger partial charge on any atom is -1.00 e. The zero-order chi connectivity index (χ0) is 21.1. The Morgan fingerprint density at radius 1 is 1.00 bits per heavy atom. The van der Waals surface area contributed by atoms with Crippen molar-refractivity contribution in [1.29, 1.82) is 0 Å². The molecule has 7 nitrogen and oxygen atoms in total. The van der Waals surface area contributed by atoms with Gasteiger partial charge in [-0.2, -0.15) is 5.21 Å². The molecular weight excluding hydrogens is 391 g/mol. The SMILES string of the molecule is CCCCCOc1cc(CC)c(OCCCCCC(C)(C)c2nn[nH]n2)cc1O.[H-].[Na+]. The van der Waals surface area contributed by atoms with E-state index in [0.29, 0.717) is 19.0 Å². The van der Waals surface area contributed by atoms with Crippen molar-refractivity contribution in [1.82, 2.24) is 20.6 Å². The topological polar surface area (TPSA) is 93.2 Å². The monoisotopic (exact) mass is 428 g/mol. The number of nitrogens with zero attached hydrogens (tertiary/aromatic N) is 3. The van der Waals surface area contributed by atoms with Gasteiger partial charge in [-0.15, -0.1) is 10.2 Å². The van der Waals surface area contributed by atoms with Crippen molar-refractivity contribution in [3.8, 4) is 17.2 Å². The molecule has 0 aliphatic carbocycles. The number of phenols is 1. The van der Waals surface area contributed by atoms with Crippen LogP contribution in [0.25, 0.3) is 0 Å². The van der Waals surface area contributed by atoms with Crippen molar-refractivity contribution in [2.75, 3.05) is 13.2 Å². The third-order valence-electron chi connectivity index (χ3n) is 5.18. The van der Waals surface area contributed by atoms with E-state index in [1.54, 1.807) is 6.07 Å². The van der Waals surface area contributed by atoms with E-state index in [9.17, 15) is 5.11 Å². The molecule has 2 rings (SSSR count). The normalized spacial score (nSPS) is 11.2. The Bertz CT molecular complexity index is 730. The number of aromatic hydroxyl groups is 1. The fourth-order valence-corrected chi connectivity index (χ4v) is 3.24. The molecule has 2 N–H and O–H groups in total. The van der Waals surface area contributed by atoms with Crippen LogP contribution in [-0.4, -0.2) is 38.9 Å². The second-order valence-electron chi connectivity index (χ2n) is 8.12. The van der Waals surface area contributed by atoms with E-state index < -0.39 is 0 Å². The van der Waals surface area contributed by atoms with Crippen LogP contribution < -0.4 is 39.0 Å². The molecular formula is C22H37N4NaO3. The van der Waals surface area contributed by atoms with Crippen LogP contribution in [0.1, 0.15) is 85.5 Å². The van der Waals surface area contributed by atoms with Crippen molar-refractivity contribution in [3.05, 3.63) is 23.5 Å². The van der Waals surface area contributed by atoms with Gasteiger partial charge in [-0.05, 0) is 37.3 Å². The second-order valence-corrected chi connectivity index (χ2v) is 8.12. The summed E-state index contributed by atoms with van der Waals surface area (Å²) in [5.41, 5.74) is 0.980. The van der Waals surface area contributed by atoms with E-state index in [2.05, 4.69) is 48.3 Å². The fraction of sp³-hybridized carbons (Fsp3) is 0.682. The van der Waals surface area contributed by atoms with Gasteiger partial charge < -0.3 is 16.0 Å². The molecule has 0 unspecified atom stereocenters. The van der Waals surface area contributed by atoms with E-state index in [1.807, 2.05) is 6.07 Å². The average molecular weight is 429 g/mol. The van der Waals surface area contributed by atoms with Crippen LogP contribution in [0.15, 0.2) is 12.1 Å². The van der Waals surface area contributed by atoms with Gasteiger partial charge in [0.15, 0.2) is 17.3 Å². The largest absolute Gasteiger partial charge is 1.00 e. The van der Waals surface area contributed by atoms with Gasteiger partial charge in [0.2, 0.25) is 0 Å².